The second-order valence-electron chi connectivity index (χ2n) is 6.44. The van der Waals surface area contributed by atoms with Crippen LogP contribution in [0.15, 0.2) is 24.3 Å². The van der Waals surface area contributed by atoms with Crippen molar-refractivity contribution < 1.29 is 19.2 Å². The summed E-state index contributed by atoms with van der Waals surface area (Å²) in [5.74, 6) is -0.561. The van der Waals surface area contributed by atoms with Gasteiger partial charge in [-0.25, -0.2) is 4.79 Å². The molecule has 6 nitrogen and oxygen atoms in total. The van der Waals surface area contributed by atoms with E-state index in [0.29, 0.717) is 18.3 Å². The van der Waals surface area contributed by atoms with Crippen LogP contribution < -0.4 is 10.2 Å². The highest BCUT2D eigenvalue weighted by Crippen LogP contribution is 2.28. The van der Waals surface area contributed by atoms with Crippen LogP contribution in [0.2, 0.25) is 0 Å². The number of fused-ring (bicyclic) bond motifs is 1. The van der Waals surface area contributed by atoms with Crippen molar-refractivity contribution in [1.29, 1.82) is 0 Å². The van der Waals surface area contributed by atoms with Crippen LogP contribution in [-0.4, -0.2) is 43.1 Å². The molecule has 128 valence electrons. The topological polar surface area (TPSA) is 75.6 Å². The first kappa shape index (κ1) is 16.5. The standard InChI is InChI=1S/C18H23N3O3/c1-12-7-5-6-10-21(12)11-15(22)20-16-13-8-3-4-9-14(13)19-17(16)18(23)24-2/h3-4,8-9,12,19H,5-7,10-11H2,1-2H3,(H,20,22)/p+1/t12-/m0/s1. The number of H-pyrrole nitrogens is 1. The minimum atomic E-state index is -0.486. The highest BCUT2D eigenvalue weighted by molar-refractivity contribution is 6.11. The molecule has 1 aromatic heterocycles. The molecule has 1 aliphatic rings. The number of benzene rings is 1. The molecule has 0 radical (unpaired) electrons. The maximum absolute atomic E-state index is 12.5. The van der Waals surface area contributed by atoms with Gasteiger partial charge in [-0.2, -0.15) is 0 Å². The third-order valence-corrected chi connectivity index (χ3v) is 4.83. The Kier molecular flexibility index (Phi) is 4.85. The fourth-order valence-corrected chi connectivity index (χ4v) is 3.43. The van der Waals surface area contributed by atoms with Gasteiger partial charge in [-0.3, -0.25) is 4.79 Å². The number of amides is 1. The molecule has 24 heavy (non-hydrogen) atoms. The van der Waals surface area contributed by atoms with Gasteiger partial charge in [-0.05, 0) is 32.3 Å². The number of carbonyl (C=O) groups is 2. The summed E-state index contributed by atoms with van der Waals surface area (Å²) in [7, 11) is 1.33. The Morgan fingerprint density at radius 1 is 1.33 bits per heavy atom. The molecule has 1 saturated heterocycles. The van der Waals surface area contributed by atoms with E-state index in [0.717, 1.165) is 30.3 Å². The molecule has 1 aromatic carbocycles. The molecule has 0 spiro atoms. The molecule has 2 heterocycles. The van der Waals surface area contributed by atoms with E-state index in [1.165, 1.54) is 18.4 Å². The molecular weight excluding hydrogens is 306 g/mol. The molecule has 1 unspecified atom stereocenters. The number of aromatic nitrogens is 1. The number of carbonyl (C=O) groups excluding carboxylic acids is 2. The van der Waals surface area contributed by atoms with Crippen LogP contribution in [0.25, 0.3) is 10.9 Å². The molecule has 3 N–H and O–H groups in total. The van der Waals surface area contributed by atoms with E-state index < -0.39 is 5.97 Å². The summed E-state index contributed by atoms with van der Waals surface area (Å²) < 4.78 is 4.83. The number of piperidine rings is 1. The van der Waals surface area contributed by atoms with Crippen LogP contribution in [-0.2, 0) is 9.53 Å². The van der Waals surface area contributed by atoms with Crippen molar-refractivity contribution in [3.8, 4) is 0 Å². The summed E-state index contributed by atoms with van der Waals surface area (Å²) in [4.78, 5) is 28.9. The Balaban J connectivity index is 1.83. The Labute approximate surface area is 141 Å². The number of esters is 1. The summed E-state index contributed by atoms with van der Waals surface area (Å²) in [6.07, 6.45) is 3.55. The molecule has 0 aliphatic carbocycles. The molecule has 1 amide bonds. The number of nitrogens with one attached hydrogen (secondary N) is 3. The fourth-order valence-electron chi connectivity index (χ4n) is 3.43. The van der Waals surface area contributed by atoms with Crippen molar-refractivity contribution in [2.24, 2.45) is 0 Å². The van der Waals surface area contributed by atoms with Crippen molar-refractivity contribution in [2.75, 3.05) is 25.5 Å². The van der Waals surface area contributed by atoms with Gasteiger partial charge in [0, 0.05) is 10.9 Å². The van der Waals surface area contributed by atoms with E-state index in [1.807, 2.05) is 24.3 Å². The summed E-state index contributed by atoms with van der Waals surface area (Å²) in [5.41, 5.74) is 1.59. The summed E-state index contributed by atoms with van der Waals surface area (Å²) >= 11 is 0. The second-order valence-corrected chi connectivity index (χ2v) is 6.44. The first-order chi connectivity index (χ1) is 11.6. The van der Waals surface area contributed by atoms with E-state index in [4.69, 9.17) is 4.74 Å². The number of aromatic amines is 1. The summed E-state index contributed by atoms with van der Waals surface area (Å²) in [6.45, 7) is 3.63. The molecular formula is C18H24N3O3+. The van der Waals surface area contributed by atoms with Crippen molar-refractivity contribution in [2.45, 2.75) is 32.2 Å². The predicted octanol–water partition coefficient (Wildman–Crippen LogP) is 1.35. The highest BCUT2D eigenvalue weighted by Gasteiger charge is 2.26. The van der Waals surface area contributed by atoms with Gasteiger partial charge in [0.15, 0.2) is 6.54 Å². The van der Waals surface area contributed by atoms with Crippen LogP contribution in [0, 0.1) is 0 Å². The molecule has 2 atom stereocenters. The number of quaternary nitrogens is 1. The zero-order chi connectivity index (χ0) is 17.1. The van der Waals surface area contributed by atoms with Crippen LogP contribution in [0.1, 0.15) is 36.7 Å². The van der Waals surface area contributed by atoms with Gasteiger partial charge >= 0.3 is 5.97 Å². The average molecular weight is 330 g/mol. The zero-order valence-electron chi connectivity index (χ0n) is 14.1. The Morgan fingerprint density at radius 3 is 2.88 bits per heavy atom. The van der Waals surface area contributed by atoms with Gasteiger partial charge in [-0.15, -0.1) is 0 Å². The molecule has 6 heteroatoms. The molecule has 3 rings (SSSR count). The van der Waals surface area contributed by atoms with Crippen molar-refractivity contribution >= 4 is 28.5 Å². The SMILES string of the molecule is COC(=O)c1[nH]c2ccccc2c1NC(=O)C[NH+]1CCCC[C@@H]1C. The lowest BCUT2D eigenvalue weighted by Crippen LogP contribution is -3.17. The Morgan fingerprint density at radius 2 is 2.12 bits per heavy atom. The summed E-state index contributed by atoms with van der Waals surface area (Å²) in [5, 5.41) is 3.74. The van der Waals surface area contributed by atoms with Gasteiger partial charge < -0.3 is 19.9 Å². The minimum Gasteiger partial charge on any atom is -0.464 e. The number of hydrogen-bond acceptors (Lipinski definition) is 3. The maximum atomic E-state index is 12.5. The molecule has 1 fully saturated rings. The fraction of sp³-hybridized carbons (Fsp3) is 0.444. The van der Waals surface area contributed by atoms with E-state index in [1.54, 1.807) is 0 Å². The zero-order valence-corrected chi connectivity index (χ0v) is 14.1. The third kappa shape index (κ3) is 3.28. The number of ether oxygens (including phenoxy) is 1. The lowest BCUT2D eigenvalue weighted by Gasteiger charge is -2.29. The lowest BCUT2D eigenvalue weighted by molar-refractivity contribution is -0.920. The van der Waals surface area contributed by atoms with Gasteiger partial charge in [-0.1, -0.05) is 18.2 Å². The number of anilines is 1. The van der Waals surface area contributed by atoms with E-state index >= 15 is 0 Å². The average Bonchev–Trinajstić information content (AvgIpc) is 2.95. The van der Waals surface area contributed by atoms with Gasteiger partial charge in [0.2, 0.25) is 0 Å². The van der Waals surface area contributed by atoms with E-state index in [9.17, 15) is 9.59 Å². The first-order valence-electron chi connectivity index (χ1n) is 8.43. The predicted molar refractivity (Wildman–Crippen MR) is 92.3 cm³/mol. The van der Waals surface area contributed by atoms with Gasteiger partial charge in [0.1, 0.15) is 5.69 Å². The van der Waals surface area contributed by atoms with Crippen molar-refractivity contribution in [3.05, 3.63) is 30.0 Å². The minimum absolute atomic E-state index is 0.0753. The first-order valence-corrected chi connectivity index (χ1v) is 8.43. The Bertz CT molecular complexity index is 753. The van der Waals surface area contributed by atoms with Gasteiger partial charge in [0.05, 0.1) is 25.4 Å². The Hall–Kier alpha value is -2.34. The van der Waals surface area contributed by atoms with Crippen LogP contribution >= 0.6 is 0 Å². The normalized spacial score (nSPS) is 20.8. The van der Waals surface area contributed by atoms with Crippen molar-refractivity contribution in [3.63, 3.8) is 0 Å². The number of para-hydroxylation sites is 1. The third-order valence-electron chi connectivity index (χ3n) is 4.83. The molecule has 0 saturated carbocycles. The number of methoxy groups -OCH3 is 1. The van der Waals surface area contributed by atoms with Crippen molar-refractivity contribution in [1.82, 2.24) is 4.98 Å². The van der Waals surface area contributed by atoms with E-state index in [2.05, 4.69) is 17.2 Å². The lowest BCUT2D eigenvalue weighted by atomic mass is 10.0. The largest absolute Gasteiger partial charge is 0.464 e. The maximum Gasteiger partial charge on any atom is 0.356 e. The molecule has 1 aliphatic heterocycles. The second kappa shape index (κ2) is 7.05. The van der Waals surface area contributed by atoms with Gasteiger partial charge in [0.25, 0.3) is 5.91 Å². The highest BCUT2D eigenvalue weighted by atomic mass is 16.5. The number of rotatable bonds is 4. The smallest absolute Gasteiger partial charge is 0.356 e. The van der Waals surface area contributed by atoms with Crippen LogP contribution in [0.5, 0.6) is 0 Å². The molecule has 2 aromatic rings. The van der Waals surface area contributed by atoms with Crippen LogP contribution in [0.4, 0.5) is 5.69 Å². The summed E-state index contributed by atoms with van der Waals surface area (Å²) in [6, 6.07) is 8.00. The number of hydrogen-bond donors (Lipinski definition) is 3. The number of likely N-dealkylation sites (tertiary alicyclic amines) is 1. The van der Waals surface area contributed by atoms with Crippen LogP contribution in [0.3, 0.4) is 0 Å². The quantitative estimate of drug-likeness (QED) is 0.741. The molecule has 0 bridgehead atoms. The van der Waals surface area contributed by atoms with E-state index in [-0.39, 0.29) is 11.6 Å². The monoisotopic (exact) mass is 330 g/mol.